The van der Waals surface area contributed by atoms with E-state index in [1.54, 1.807) is 5.38 Å². The highest BCUT2D eigenvalue weighted by molar-refractivity contribution is 7.11. The second kappa shape index (κ2) is 12.5. The number of hydrogen-bond acceptors (Lipinski definition) is 9. The van der Waals surface area contributed by atoms with Gasteiger partial charge in [-0.1, -0.05) is 11.6 Å². The molecule has 0 saturated carbocycles. The summed E-state index contributed by atoms with van der Waals surface area (Å²) < 4.78 is 5.33. The molecule has 1 saturated heterocycles. The topological polar surface area (TPSA) is 146 Å². The molecule has 188 valence electrons. The van der Waals surface area contributed by atoms with Gasteiger partial charge in [-0.05, 0) is 12.1 Å². The zero-order valence-electron chi connectivity index (χ0n) is 19.2. The Kier molecular flexibility index (Phi) is 9.48. The number of nitrogens with zero attached hydrogens (tertiary/aromatic N) is 4. The highest BCUT2D eigenvalue weighted by Crippen LogP contribution is 2.13. The second-order valence-corrected chi connectivity index (χ2v) is 9.11. The molecule has 3 N–H and O–H groups in total. The maximum Gasteiger partial charge on any atom is 0.314 e. The summed E-state index contributed by atoms with van der Waals surface area (Å²) in [6, 6.07) is 1.84. The number of nitrogens with one attached hydrogen (secondary N) is 3. The highest BCUT2D eigenvalue weighted by Gasteiger charge is 2.26. The van der Waals surface area contributed by atoms with Crippen molar-refractivity contribution in [1.29, 1.82) is 0 Å². The van der Waals surface area contributed by atoms with Gasteiger partial charge in [0.15, 0.2) is 5.01 Å². The van der Waals surface area contributed by atoms with E-state index < -0.39 is 29.7 Å². The number of halogens is 1. The van der Waals surface area contributed by atoms with Crippen molar-refractivity contribution in [2.24, 2.45) is 0 Å². The van der Waals surface area contributed by atoms with Crippen LogP contribution in [0.5, 0.6) is 0 Å². The van der Waals surface area contributed by atoms with Crippen LogP contribution in [-0.4, -0.2) is 96.4 Å². The average Bonchev–Trinajstić information content (AvgIpc) is 3.31. The van der Waals surface area contributed by atoms with Gasteiger partial charge in [0.05, 0.1) is 23.9 Å². The number of carbonyl (C=O) groups is 4. The monoisotopic (exact) mass is 523 g/mol. The van der Waals surface area contributed by atoms with E-state index in [4.69, 9.17) is 16.3 Å². The van der Waals surface area contributed by atoms with Gasteiger partial charge in [0.25, 0.3) is 5.91 Å². The van der Waals surface area contributed by atoms with Crippen LogP contribution in [0.1, 0.15) is 15.5 Å². The lowest BCUT2D eigenvalue weighted by molar-refractivity contribution is -0.136. The van der Waals surface area contributed by atoms with Crippen LogP contribution in [-0.2, 0) is 25.7 Å². The van der Waals surface area contributed by atoms with E-state index in [1.807, 2.05) is 0 Å². The molecule has 1 fully saturated rings. The molecule has 3 rings (SSSR count). The maximum absolute atomic E-state index is 12.8. The van der Waals surface area contributed by atoms with Gasteiger partial charge in [0.2, 0.25) is 5.91 Å². The molecule has 1 aliphatic rings. The fourth-order valence-corrected chi connectivity index (χ4v) is 3.92. The lowest BCUT2D eigenvalue weighted by Crippen LogP contribution is -2.53. The minimum Gasteiger partial charge on any atom is -0.379 e. The predicted molar refractivity (Wildman–Crippen MR) is 129 cm³/mol. The van der Waals surface area contributed by atoms with Gasteiger partial charge in [-0.25, -0.2) is 9.97 Å². The largest absolute Gasteiger partial charge is 0.379 e. The van der Waals surface area contributed by atoms with E-state index in [0.717, 1.165) is 18.8 Å². The van der Waals surface area contributed by atoms with Crippen LogP contribution < -0.4 is 16.0 Å². The molecule has 1 atom stereocenters. The molecule has 12 nitrogen and oxygen atoms in total. The first kappa shape index (κ1) is 26.5. The number of thiazole rings is 1. The van der Waals surface area contributed by atoms with Gasteiger partial charge in [-0.15, -0.1) is 11.3 Å². The fraction of sp³-hybridized carbons (Fsp3) is 0.429. The minimum absolute atomic E-state index is 0.139. The summed E-state index contributed by atoms with van der Waals surface area (Å²) in [5, 5.41) is 9.65. The van der Waals surface area contributed by atoms with Crippen LogP contribution in [0, 0.1) is 0 Å². The van der Waals surface area contributed by atoms with Crippen LogP contribution >= 0.6 is 22.9 Å². The standard InChI is InChI=1S/C21H26ClN7O5S/c1-28(2)21(33)15(10-24-17(30)18(31)27-16-4-3-13(22)9-23-16)26-19(32)20-25-14(12-35-20)11-29-5-7-34-8-6-29/h3-4,9,12,15H,5-8,10-11H2,1-2H3,(H,24,30)(H,26,32)(H,23,27,31). The third-order valence-corrected chi connectivity index (χ3v) is 6.03. The molecular formula is C21H26ClN7O5S. The molecule has 2 aromatic heterocycles. The van der Waals surface area contributed by atoms with Crippen molar-refractivity contribution in [2.75, 3.05) is 52.3 Å². The van der Waals surface area contributed by atoms with Gasteiger partial charge in [-0.2, -0.15) is 0 Å². The molecule has 1 aliphatic heterocycles. The molecule has 0 radical (unpaired) electrons. The molecule has 0 bridgehead atoms. The van der Waals surface area contributed by atoms with E-state index in [-0.39, 0.29) is 17.4 Å². The minimum atomic E-state index is -1.10. The van der Waals surface area contributed by atoms with Crippen molar-refractivity contribution in [2.45, 2.75) is 12.6 Å². The van der Waals surface area contributed by atoms with Crippen molar-refractivity contribution in [3.63, 3.8) is 0 Å². The Morgan fingerprint density at radius 3 is 2.60 bits per heavy atom. The summed E-state index contributed by atoms with van der Waals surface area (Å²) in [5.74, 6) is -2.83. The summed E-state index contributed by atoms with van der Waals surface area (Å²) in [7, 11) is 3.04. The molecular weight excluding hydrogens is 498 g/mol. The first-order valence-electron chi connectivity index (χ1n) is 10.7. The molecule has 0 spiro atoms. The van der Waals surface area contributed by atoms with Crippen molar-refractivity contribution >= 4 is 52.4 Å². The van der Waals surface area contributed by atoms with E-state index in [1.165, 1.54) is 48.7 Å². The van der Waals surface area contributed by atoms with E-state index in [0.29, 0.717) is 24.8 Å². The van der Waals surface area contributed by atoms with Gasteiger partial charge < -0.3 is 25.6 Å². The maximum atomic E-state index is 12.8. The average molecular weight is 524 g/mol. The van der Waals surface area contributed by atoms with Crippen molar-refractivity contribution in [3.05, 3.63) is 39.4 Å². The quantitative estimate of drug-likeness (QED) is 0.409. The SMILES string of the molecule is CN(C)C(=O)C(CNC(=O)C(=O)Nc1ccc(Cl)cn1)NC(=O)c1nc(CN2CCOCC2)cs1. The molecule has 1 unspecified atom stereocenters. The number of amides is 4. The summed E-state index contributed by atoms with van der Waals surface area (Å²) in [6.45, 7) is 3.20. The summed E-state index contributed by atoms with van der Waals surface area (Å²) in [4.78, 5) is 61.4. The zero-order valence-corrected chi connectivity index (χ0v) is 20.8. The Bertz CT molecular complexity index is 1060. The zero-order chi connectivity index (χ0) is 25.4. The number of anilines is 1. The predicted octanol–water partition coefficient (Wildman–Crippen LogP) is -0.0348. The number of aromatic nitrogens is 2. The lowest BCUT2D eigenvalue weighted by Gasteiger charge is -2.25. The van der Waals surface area contributed by atoms with Gasteiger partial charge in [-0.3, -0.25) is 24.1 Å². The number of likely N-dealkylation sites (N-methyl/N-ethyl adjacent to an activating group) is 1. The fourth-order valence-electron chi connectivity index (χ4n) is 3.10. The van der Waals surface area contributed by atoms with E-state index in [9.17, 15) is 19.2 Å². The van der Waals surface area contributed by atoms with Crippen LogP contribution in [0.25, 0.3) is 0 Å². The molecule has 2 aromatic rings. The molecule has 0 aromatic carbocycles. The second-order valence-electron chi connectivity index (χ2n) is 7.82. The van der Waals surface area contributed by atoms with Crippen molar-refractivity contribution in [3.8, 4) is 0 Å². The first-order chi connectivity index (χ1) is 16.7. The van der Waals surface area contributed by atoms with Crippen LogP contribution in [0.2, 0.25) is 5.02 Å². The number of hydrogen-bond donors (Lipinski definition) is 3. The number of carbonyl (C=O) groups excluding carboxylic acids is 4. The molecule has 14 heteroatoms. The third kappa shape index (κ3) is 7.96. The number of rotatable bonds is 8. The number of pyridine rings is 1. The van der Waals surface area contributed by atoms with Gasteiger partial charge in [0.1, 0.15) is 11.9 Å². The molecule has 0 aliphatic carbocycles. The molecule has 4 amide bonds. The summed E-state index contributed by atoms with van der Waals surface area (Å²) in [5.41, 5.74) is 0.748. The molecule has 3 heterocycles. The third-order valence-electron chi connectivity index (χ3n) is 4.92. The smallest absolute Gasteiger partial charge is 0.314 e. The van der Waals surface area contributed by atoms with Gasteiger partial charge in [0, 0.05) is 51.9 Å². The van der Waals surface area contributed by atoms with E-state index in [2.05, 4.69) is 30.8 Å². The highest BCUT2D eigenvalue weighted by atomic mass is 35.5. The van der Waals surface area contributed by atoms with E-state index >= 15 is 0 Å². The van der Waals surface area contributed by atoms with Crippen molar-refractivity contribution < 1.29 is 23.9 Å². The Morgan fingerprint density at radius 1 is 1.20 bits per heavy atom. The summed E-state index contributed by atoms with van der Waals surface area (Å²) >= 11 is 6.91. The summed E-state index contributed by atoms with van der Waals surface area (Å²) in [6.07, 6.45) is 1.32. The van der Waals surface area contributed by atoms with Gasteiger partial charge >= 0.3 is 11.8 Å². The Labute approximate surface area is 211 Å². The van der Waals surface area contributed by atoms with Crippen LogP contribution in [0.3, 0.4) is 0 Å². The number of morpholine rings is 1. The van der Waals surface area contributed by atoms with Crippen LogP contribution in [0.4, 0.5) is 5.82 Å². The molecule has 35 heavy (non-hydrogen) atoms. The Morgan fingerprint density at radius 2 is 1.94 bits per heavy atom. The Balaban J connectivity index is 1.56. The Hall–Kier alpha value is -3.13. The lowest BCUT2D eigenvalue weighted by atomic mass is 10.2. The first-order valence-corrected chi connectivity index (χ1v) is 12.0. The number of ether oxygens (including phenoxy) is 1. The van der Waals surface area contributed by atoms with Crippen molar-refractivity contribution in [1.82, 2.24) is 30.4 Å². The normalized spacial score (nSPS) is 14.6. The van der Waals surface area contributed by atoms with Crippen LogP contribution in [0.15, 0.2) is 23.7 Å².